The summed E-state index contributed by atoms with van der Waals surface area (Å²) in [6.07, 6.45) is 6.96. The Kier molecular flexibility index (Phi) is 2.88. The zero-order chi connectivity index (χ0) is 15.3. The Bertz CT molecular complexity index is 832. The van der Waals surface area contributed by atoms with Crippen LogP contribution < -0.4 is 4.90 Å². The highest BCUT2D eigenvalue weighted by molar-refractivity contribution is 5.87. The molecule has 1 aliphatic rings. The first-order valence-electron chi connectivity index (χ1n) is 7.54. The summed E-state index contributed by atoms with van der Waals surface area (Å²) < 4.78 is 3.88. The van der Waals surface area contributed by atoms with Crippen LogP contribution in [0.4, 0.5) is 5.82 Å². The SMILES string of the molecule is Cc1cnn(C2CCN(c3nc(C)nc4c3cnn4C)C2)c1. The third-order valence-corrected chi connectivity index (χ3v) is 4.25. The molecule has 4 heterocycles. The average Bonchev–Trinajstić information content (AvgIpc) is 3.19. The summed E-state index contributed by atoms with van der Waals surface area (Å²) in [6.45, 7) is 5.90. The van der Waals surface area contributed by atoms with Crippen LogP contribution in [0.1, 0.15) is 23.9 Å². The standard InChI is InChI=1S/C15H19N7/c1-10-6-17-22(8-10)12-4-5-21(9-12)15-13-7-16-20(3)14(13)18-11(2)19-15/h6-8,12H,4-5,9H2,1-3H3. The first-order valence-corrected chi connectivity index (χ1v) is 7.54. The van der Waals surface area contributed by atoms with Crippen molar-refractivity contribution in [2.24, 2.45) is 7.05 Å². The van der Waals surface area contributed by atoms with Crippen LogP contribution in [0.15, 0.2) is 18.6 Å². The molecule has 1 saturated heterocycles. The molecule has 7 heteroatoms. The van der Waals surface area contributed by atoms with E-state index >= 15 is 0 Å². The molecule has 1 fully saturated rings. The van der Waals surface area contributed by atoms with Crippen molar-refractivity contribution in [2.45, 2.75) is 26.3 Å². The molecule has 22 heavy (non-hydrogen) atoms. The predicted octanol–water partition coefficient (Wildman–Crippen LogP) is 1.63. The smallest absolute Gasteiger partial charge is 0.163 e. The van der Waals surface area contributed by atoms with E-state index in [1.54, 1.807) is 4.68 Å². The van der Waals surface area contributed by atoms with Gasteiger partial charge in [0.25, 0.3) is 0 Å². The molecule has 0 amide bonds. The van der Waals surface area contributed by atoms with Crippen LogP contribution in [-0.4, -0.2) is 42.6 Å². The Labute approximate surface area is 128 Å². The van der Waals surface area contributed by atoms with Gasteiger partial charge in [0.15, 0.2) is 5.65 Å². The number of aromatic nitrogens is 6. The van der Waals surface area contributed by atoms with Crippen molar-refractivity contribution in [3.63, 3.8) is 0 Å². The van der Waals surface area contributed by atoms with Gasteiger partial charge in [-0.1, -0.05) is 0 Å². The van der Waals surface area contributed by atoms with Crippen molar-refractivity contribution in [2.75, 3.05) is 18.0 Å². The third kappa shape index (κ3) is 2.04. The summed E-state index contributed by atoms with van der Waals surface area (Å²) in [6, 6.07) is 0.399. The maximum Gasteiger partial charge on any atom is 0.163 e. The molecule has 1 unspecified atom stereocenters. The molecule has 4 rings (SSSR count). The number of hydrogen-bond donors (Lipinski definition) is 0. The lowest BCUT2D eigenvalue weighted by Crippen LogP contribution is -2.22. The van der Waals surface area contributed by atoms with Gasteiger partial charge in [-0.3, -0.25) is 9.36 Å². The lowest BCUT2D eigenvalue weighted by atomic mass is 10.3. The first-order chi connectivity index (χ1) is 10.6. The van der Waals surface area contributed by atoms with Gasteiger partial charge in [-0.05, 0) is 25.8 Å². The van der Waals surface area contributed by atoms with E-state index in [1.165, 1.54) is 5.56 Å². The van der Waals surface area contributed by atoms with E-state index in [0.717, 1.165) is 42.2 Å². The summed E-state index contributed by atoms with van der Waals surface area (Å²) in [5.41, 5.74) is 2.09. The zero-order valence-corrected chi connectivity index (χ0v) is 13.1. The van der Waals surface area contributed by atoms with E-state index in [4.69, 9.17) is 0 Å². The second-order valence-electron chi connectivity index (χ2n) is 5.99. The minimum atomic E-state index is 0.399. The molecule has 7 nitrogen and oxygen atoms in total. The Morgan fingerprint density at radius 1 is 1.14 bits per heavy atom. The molecule has 114 valence electrons. The van der Waals surface area contributed by atoms with Crippen LogP contribution >= 0.6 is 0 Å². The fourth-order valence-electron chi connectivity index (χ4n) is 3.14. The molecule has 1 atom stereocenters. The predicted molar refractivity (Wildman–Crippen MR) is 83.9 cm³/mol. The van der Waals surface area contributed by atoms with Crippen molar-refractivity contribution in [3.05, 3.63) is 30.0 Å². The fraction of sp³-hybridized carbons (Fsp3) is 0.467. The summed E-state index contributed by atoms with van der Waals surface area (Å²) in [5, 5.41) is 9.79. The van der Waals surface area contributed by atoms with E-state index < -0.39 is 0 Å². The molecule has 0 radical (unpaired) electrons. The van der Waals surface area contributed by atoms with E-state index in [1.807, 2.05) is 26.4 Å². The normalized spacial score (nSPS) is 18.5. The molecule has 0 aliphatic carbocycles. The highest BCUT2D eigenvalue weighted by Gasteiger charge is 2.27. The molecular weight excluding hydrogens is 278 g/mol. The van der Waals surface area contributed by atoms with Gasteiger partial charge >= 0.3 is 0 Å². The molecular formula is C15H19N7. The number of nitrogens with zero attached hydrogens (tertiary/aromatic N) is 7. The molecule has 0 aromatic carbocycles. The fourth-order valence-corrected chi connectivity index (χ4v) is 3.14. The molecule has 1 aliphatic heterocycles. The van der Waals surface area contributed by atoms with E-state index in [0.29, 0.717) is 6.04 Å². The topological polar surface area (TPSA) is 64.7 Å². The number of aryl methyl sites for hydroxylation is 3. The number of hydrogen-bond acceptors (Lipinski definition) is 5. The van der Waals surface area contributed by atoms with E-state index in [9.17, 15) is 0 Å². The molecule has 0 spiro atoms. The minimum Gasteiger partial charge on any atom is -0.354 e. The summed E-state index contributed by atoms with van der Waals surface area (Å²) in [7, 11) is 1.91. The van der Waals surface area contributed by atoms with Gasteiger partial charge in [0.05, 0.1) is 23.8 Å². The van der Waals surface area contributed by atoms with Gasteiger partial charge < -0.3 is 4.90 Å². The van der Waals surface area contributed by atoms with Crippen LogP contribution in [0.25, 0.3) is 11.0 Å². The molecule has 0 bridgehead atoms. The van der Waals surface area contributed by atoms with Crippen LogP contribution in [0.2, 0.25) is 0 Å². The van der Waals surface area contributed by atoms with Crippen LogP contribution in [0.5, 0.6) is 0 Å². The van der Waals surface area contributed by atoms with Crippen LogP contribution in [0.3, 0.4) is 0 Å². The first kappa shape index (κ1) is 13.2. The Balaban J connectivity index is 1.68. The van der Waals surface area contributed by atoms with Gasteiger partial charge in [-0.2, -0.15) is 10.2 Å². The number of anilines is 1. The van der Waals surface area contributed by atoms with E-state index in [-0.39, 0.29) is 0 Å². The lowest BCUT2D eigenvalue weighted by molar-refractivity contribution is 0.494. The van der Waals surface area contributed by atoms with Gasteiger partial charge in [-0.25, -0.2) is 9.97 Å². The van der Waals surface area contributed by atoms with Crippen LogP contribution in [-0.2, 0) is 7.05 Å². The van der Waals surface area contributed by atoms with Crippen molar-refractivity contribution in [1.29, 1.82) is 0 Å². The molecule has 0 N–H and O–H groups in total. The largest absolute Gasteiger partial charge is 0.354 e. The minimum absolute atomic E-state index is 0.399. The number of rotatable bonds is 2. The monoisotopic (exact) mass is 297 g/mol. The van der Waals surface area contributed by atoms with Crippen molar-refractivity contribution < 1.29 is 0 Å². The summed E-state index contributed by atoms with van der Waals surface area (Å²) in [5.74, 6) is 1.77. The third-order valence-electron chi connectivity index (χ3n) is 4.25. The maximum atomic E-state index is 4.66. The second-order valence-corrected chi connectivity index (χ2v) is 5.99. The Morgan fingerprint density at radius 2 is 2.00 bits per heavy atom. The lowest BCUT2D eigenvalue weighted by Gasteiger charge is -2.18. The second kappa shape index (κ2) is 4.79. The quantitative estimate of drug-likeness (QED) is 0.719. The van der Waals surface area contributed by atoms with Crippen molar-refractivity contribution in [1.82, 2.24) is 29.5 Å². The highest BCUT2D eigenvalue weighted by Crippen LogP contribution is 2.30. The van der Waals surface area contributed by atoms with Crippen molar-refractivity contribution >= 4 is 16.9 Å². The average molecular weight is 297 g/mol. The van der Waals surface area contributed by atoms with Gasteiger partial charge in [0.1, 0.15) is 11.6 Å². The van der Waals surface area contributed by atoms with Gasteiger partial charge in [0, 0.05) is 26.3 Å². The molecule has 0 saturated carbocycles. The van der Waals surface area contributed by atoms with Gasteiger partial charge in [-0.15, -0.1) is 0 Å². The summed E-state index contributed by atoms with van der Waals surface area (Å²) in [4.78, 5) is 11.5. The zero-order valence-electron chi connectivity index (χ0n) is 13.1. The highest BCUT2D eigenvalue weighted by atomic mass is 15.3. The van der Waals surface area contributed by atoms with E-state index in [2.05, 4.69) is 42.9 Å². The summed E-state index contributed by atoms with van der Waals surface area (Å²) >= 11 is 0. The molecule has 3 aromatic heterocycles. The number of fused-ring (bicyclic) bond motifs is 1. The Hall–Kier alpha value is -2.44. The maximum absolute atomic E-state index is 4.66. The van der Waals surface area contributed by atoms with Crippen molar-refractivity contribution in [3.8, 4) is 0 Å². The van der Waals surface area contributed by atoms with Crippen LogP contribution in [0, 0.1) is 13.8 Å². The van der Waals surface area contributed by atoms with Gasteiger partial charge in [0.2, 0.25) is 0 Å². The Morgan fingerprint density at radius 3 is 2.77 bits per heavy atom. The molecule has 3 aromatic rings.